The molecule has 1 heterocycles. The molecule has 0 spiro atoms. The fourth-order valence-electron chi connectivity index (χ4n) is 6.11. The summed E-state index contributed by atoms with van der Waals surface area (Å²) in [5, 5.41) is 2.39. The highest BCUT2D eigenvalue weighted by atomic mass is 16.3. The Morgan fingerprint density at radius 3 is 2.11 bits per heavy atom. The van der Waals surface area contributed by atoms with Crippen LogP contribution in [0.5, 0.6) is 0 Å². The highest BCUT2D eigenvalue weighted by Crippen LogP contribution is 2.52. The molecule has 0 radical (unpaired) electrons. The summed E-state index contributed by atoms with van der Waals surface area (Å²) in [6.07, 6.45) is 0. The standard InChI is InChI=1S/C34H26O/c1-21-8-6-13-31-32(21)28-20-24(18-19-30(28)35-31)22-14-16-23(17-15-22)25-10-7-11-27-26-9-4-5-12-29(26)34(2,3)33(25)27/h4-20H,1-3H3. The molecule has 0 fully saturated rings. The van der Waals surface area contributed by atoms with Gasteiger partial charge in [-0.05, 0) is 75.2 Å². The molecule has 0 aliphatic heterocycles. The van der Waals surface area contributed by atoms with Crippen LogP contribution in [0.1, 0.15) is 30.5 Å². The molecule has 0 saturated heterocycles. The molecule has 168 valence electrons. The van der Waals surface area contributed by atoms with E-state index in [4.69, 9.17) is 4.42 Å². The molecule has 1 aromatic heterocycles. The van der Waals surface area contributed by atoms with Crippen LogP contribution < -0.4 is 0 Å². The van der Waals surface area contributed by atoms with Crippen LogP contribution in [0.3, 0.4) is 0 Å². The number of rotatable bonds is 2. The quantitative estimate of drug-likeness (QED) is 0.256. The first kappa shape index (κ1) is 20.3. The maximum Gasteiger partial charge on any atom is 0.135 e. The molecule has 1 aliphatic carbocycles. The Morgan fingerprint density at radius 2 is 1.26 bits per heavy atom. The predicted molar refractivity (Wildman–Crippen MR) is 147 cm³/mol. The van der Waals surface area contributed by atoms with Crippen molar-refractivity contribution in [3.63, 3.8) is 0 Å². The maximum absolute atomic E-state index is 6.09. The molecule has 7 rings (SSSR count). The molecule has 0 unspecified atom stereocenters. The topological polar surface area (TPSA) is 13.1 Å². The van der Waals surface area contributed by atoms with Crippen LogP contribution in [0.25, 0.3) is 55.3 Å². The van der Waals surface area contributed by atoms with Crippen molar-refractivity contribution in [3.05, 3.63) is 120 Å². The highest BCUT2D eigenvalue weighted by molar-refractivity contribution is 6.08. The molecule has 0 bridgehead atoms. The second-order valence-corrected chi connectivity index (χ2v) is 10.2. The van der Waals surface area contributed by atoms with Gasteiger partial charge in [0.05, 0.1) is 0 Å². The van der Waals surface area contributed by atoms with Gasteiger partial charge in [0.15, 0.2) is 0 Å². The first-order valence-electron chi connectivity index (χ1n) is 12.3. The van der Waals surface area contributed by atoms with Crippen molar-refractivity contribution in [3.8, 4) is 33.4 Å². The number of furan rings is 1. The summed E-state index contributed by atoms with van der Waals surface area (Å²) in [7, 11) is 0. The normalized spacial score (nSPS) is 13.8. The Bertz CT molecular complexity index is 1760. The van der Waals surface area contributed by atoms with Crippen LogP contribution in [0.2, 0.25) is 0 Å². The van der Waals surface area contributed by atoms with Crippen molar-refractivity contribution < 1.29 is 4.42 Å². The Labute approximate surface area is 205 Å². The van der Waals surface area contributed by atoms with Crippen LogP contribution in [0, 0.1) is 6.92 Å². The number of hydrogen-bond acceptors (Lipinski definition) is 1. The Morgan fingerprint density at radius 1 is 0.571 bits per heavy atom. The van der Waals surface area contributed by atoms with Crippen molar-refractivity contribution >= 4 is 21.9 Å². The zero-order valence-corrected chi connectivity index (χ0v) is 20.2. The average Bonchev–Trinajstić information content (AvgIpc) is 3.37. The molecule has 6 aromatic rings. The lowest BCUT2D eigenvalue weighted by atomic mass is 9.79. The van der Waals surface area contributed by atoms with Gasteiger partial charge >= 0.3 is 0 Å². The van der Waals surface area contributed by atoms with E-state index in [0.29, 0.717) is 0 Å². The fraction of sp³-hybridized carbons (Fsp3) is 0.118. The first-order chi connectivity index (χ1) is 17.0. The largest absolute Gasteiger partial charge is 0.456 e. The fourth-order valence-corrected chi connectivity index (χ4v) is 6.11. The summed E-state index contributed by atoms with van der Waals surface area (Å²) in [6.45, 7) is 6.85. The summed E-state index contributed by atoms with van der Waals surface area (Å²) in [5.74, 6) is 0. The molecule has 0 saturated carbocycles. The van der Waals surface area contributed by atoms with E-state index >= 15 is 0 Å². The molecule has 0 atom stereocenters. The van der Waals surface area contributed by atoms with Gasteiger partial charge in [-0.25, -0.2) is 0 Å². The minimum Gasteiger partial charge on any atom is -0.456 e. The molecule has 0 amide bonds. The minimum absolute atomic E-state index is 0.0214. The minimum atomic E-state index is -0.0214. The third kappa shape index (κ3) is 2.88. The molecular formula is C34H26O. The maximum atomic E-state index is 6.09. The molecule has 5 aromatic carbocycles. The smallest absolute Gasteiger partial charge is 0.135 e. The number of benzene rings is 5. The van der Waals surface area contributed by atoms with Crippen molar-refractivity contribution in [2.24, 2.45) is 0 Å². The summed E-state index contributed by atoms with van der Waals surface area (Å²) >= 11 is 0. The van der Waals surface area contributed by atoms with E-state index in [9.17, 15) is 0 Å². The number of fused-ring (bicyclic) bond motifs is 6. The average molecular weight is 451 g/mol. The van der Waals surface area contributed by atoms with Crippen molar-refractivity contribution in [2.45, 2.75) is 26.2 Å². The lowest BCUT2D eigenvalue weighted by Crippen LogP contribution is -2.16. The first-order valence-corrected chi connectivity index (χ1v) is 12.3. The van der Waals surface area contributed by atoms with Crippen molar-refractivity contribution in [1.82, 2.24) is 0 Å². The van der Waals surface area contributed by atoms with E-state index in [1.807, 2.05) is 0 Å². The Hall–Kier alpha value is -4.10. The summed E-state index contributed by atoms with van der Waals surface area (Å²) in [5.41, 5.74) is 13.7. The van der Waals surface area contributed by atoms with Gasteiger partial charge in [0.2, 0.25) is 0 Å². The Balaban J connectivity index is 1.33. The van der Waals surface area contributed by atoms with Gasteiger partial charge in [-0.1, -0.05) is 98.8 Å². The summed E-state index contributed by atoms with van der Waals surface area (Å²) in [4.78, 5) is 0. The Kier molecular flexibility index (Phi) is 4.17. The van der Waals surface area contributed by atoms with Crippen molar-refractivity contribution in [2.75, 3.05) is 0 Å². The SMILES string of the molecule is Cc1cccc2oc3ccc(-c4ccc(-c5cccc6c5C(C)(C)c5ccccc5-6)cc4)cc3c12. The second-order valence-electron chi connectivity index (χ2n) is 10.2. The number of hydrogen-bond donors (Lipinski definition) is 0. The van der Waals surface area contributed by atoms with E-state index in [-0.39, 0.29) is 5.41 Å². The lowest BCUT2D eigenvalue weighted by molar-refractivity contribution is 0.662. The van der Waals surface area contributed by atoms with Gasteiger partial charge in [0.25, 0.3) is 0 Å². The zero-order valence-electron chi connectivity index (χ0n) is 20.2. The molecule has 1 nitrogen and oxygen atoms in total. The van der Waals surface area contributed by atoms with Crippen LogP contribution in [-0.4, -0.2) is 0 Å². The van der Waals surface area contributed by atoms with E-state index in [0.717, 1.165) is 11.2 Å². The van der Waals surface area contributed by atoms with Gasteiger partial charge in [-0.15, -0.1) is 0 Å². The molecular weight excluding hydrogens is 424 g/mol. The number of aryl methyl sites for hydroxylation is 1. The van der Waals surface area contributed by atoms with Gasteiger partial charge < -0.3 is 4.42 Å². The van der Waals surface area contributed by atoms with Gasteiger partial charge in [-0.3, -0.25) is 0 Å². The second kappa shape index (κ2) is 7.20. The van der Waals surface area contributed by atoms with E-state index in [1.54, 1.807) is 0 Å². The monoisotopic (exact) mass is 450 g/mol. The molecule has 1 heteroatoms. The van der Waals surface area contributed by atoms with Gasteiger partial charge in [0.1, 0.15) is 11.2 Å². The third-order valence-electron chi connectivity index (χ3n) is 7.81. The lowest BCUT2D eigenvalue weighted by Gasteiger charge is -2.24. The zero-order chi connectivity index (χ0) is 23.7. The van der Waals surface area contributed by atoms with Crippen LogP contribution in [-0.2, 0) is 5.41 Å². The van der Waals surface area contributed by atoms with Gasteiger partial charge in [-0.2, -0.15) is 0 Å². The molecule has 1 aliphatic rings. The van der Waals surface area contributed by atoms with E-state index < -0.39 is 0 Å². The summed E-state index contributed by atoms with van der Waals surface area (Å²) in [6, 6.07) is 37.4. The molecule has 35 heavy (non-hydrogen) atoms. The highest BCUT2D eigenvalue weighted by Gasteiger charge is 2.37. The molecule has 0 N–H and O–H groups in total. The van der Waals surface area contributed by atoms with Gasteiger partial charge in [0, 0.05) is 16.2 Å². The van der Waals surface area contributed by atoms with Crippen LogP contribution in [0.4, 0.5) is 0 Å². The van der Waals surface area contributed by atoms with E-state index in [1.165, 1.54) is 60.8 Å². The van der Waals surface area contributed by atoms with Crippen LogP contribution in [0.15, 0.2) is 108 Å². The van der Waals surface area contributed by atoms with Crippen LogP contribution >= 0.6 is 0 Å². The summed E-state index contributed by atoms with van der Waals surface area (Å²) < 4.78 is 6.09. The van der Waals surface area contributed by atoms with E-state index in [2.05, 4.69) is 124 Å². The third-order valence-corrected chi connectivity index (χ3v) is 7.81. The predicted octanol–water partition coefficient (Wildman–Crippen LogP) is 9.53. The van der Waals surface area contributed by atoms with Crippen molar-refractivity contribution in [1.29, 1.82) is 0 Å².